The summed E-state index contributed by atoms with van der Waals surface area (Å²) in [5.74, 6) is -1.50. The fourth-order valence-corrected chi connectivity index (χ4v) is 3.13. The molecule has 7 heteroatoms. The Morgan fingerprint density at radius 2 is 1.54 bits per heavy atom. The van der Waals surface area contributed by atoms with Crippen LogP contribution >= 0.6 is 12.2 Å². The number of hydrogen-bond acceptors (Lipinski definition) is 4. The van der Waals surface area contributed by atoms with Crippen LogP contribution in [0, 0.1) is 13.8 Å². The van der Waals surface area contributed by atoms with Crippen LogP contribution in [0.1, 0.15) is 31.8 Å². The molecule has 0 saturated heterocycles. The molecule has 0 fully saturated rings. The van der Waals surface area contributed by atoms with Gasteiger partial charge in [0.25, 0.3) is 11.8 Å². The van der Waals surface area contributed by atoms with E-state index in [4.69, 9.17) is 12.2 Å². The Balaban J connectivity index is 1.62. The maximum atomic E-state index is 12.3. The van der Waals surface area contributed by atoms with Gasteiger partial charge >= 0.3 is 0 Å². The normalized spacial score (nSPS) is 12.8. The lowest BCUT2D eigenvalue weighted by Gasteiger charge is -2.15. The monoisotopic (exact) mass is 367 g/mol. The number of amides is 3. The number of hydrogen-bond donors (Lipinski definition) is 2. The molecular weight excluding hydrogens is 350 g/mol. The van der Waals surface area contributed by atoms with Gasteiger partial charge in [-0.15, -0.1) is 0 Å². The van der Waals surface area contributed by atoms with Crippen molar-refractivity contribution in [3.63, 3.8) is 0 Å². The van der Waals surface area contributed by atoms with Crippen LogP contribution in [0.15, 0.2) is 42.5 Å². The standard InChI is InChI=1S/C19H17N3O3S/c1-11-7-12(2)9-13(8-11)20-19(26)21-16(23)10-22-17(24)14-5-3-4-6-15(14)18(22)25/h3-9H,10H2,1-2H3,(H2,20,21,23,26). The largest absolute Gasteiger partial charge is 0.332 e. The summed E-state index contributed by atoms with van der Waals surface area (Å²) in [5, 5.41) is 5.54. The molecule has 0 aliphatic carbocycles. The predicted molar refractivity (Wildman–Crippen MR) is 102 cm³/mol. The van der Waals surface area contributed by atoms with Gasteiger partial charge in [0.1, 0.15) is 6.54 Å². The molecule has 0 spiro atoms. The third-order valence-electron chi connectivity index (χ3n) is 3.91. The second-order valence-corrected chi connectivity index (χ2v) is 6.53. The van der Waals surface area contributed by atoms with Gasteiger partial charge in [-0.1, -0.05) is 18.2 Å². The van der Waals surface area contributed by atoms with E-state index in [1.165, 1.54) is 0 Å². The number of nitrogens with zero attached hydrogens (tertiary/aromatic N) is 1. The van der Waals surface area contributed by atoms with Crippen LogP contribution in [0.3, 0.4) is 0 Å². The van der Waals surface area contributed by atoms with Crippen LogP contribution in [0.5, 0.6) is 0 Å². The van der Waals surface area contributed by atoms with Crippen molar-refractivity contribution in [2.24, 2.45) is 0 Å². The minimum absolute atomic E-state index is 0.108. The number of rotatable bonds is 3. The van der Waals surface area contributed by atoms with Crippen molar-refractivity contribution in [3.05, 3.63) is 64.7 Å². The van der Waals surface area contributed by atoms with E-state index in [-0.39, 0.29) is 11.7 Å². The number of fused-ring (bicyclic) bond motifs is 1. The summed E-state index contributed by atoms with van der Waals surface area (Å²) in [4.78, 5) is 37.6. The van der Waals surface area contributed by atoms with Crippen LogP contribution in [-0.2, 0) is 4.79 Å². The van der Waals surface area contributed by atoms with Gasteiger partial charge in [0.2, 0.25) is 5.91 Å². The molecule has 1 aliphatic rings. The van der Waals surface area contributed by atoms with Crippen LogP contribution in [0.25, 0.3) is 0 Å². The number of benzene rings is 2. The average molecular weight is 367 g/mol. The minimum Gasteiger partial charge on any atom is -0.332 e. The Hall–Kier alpha value is -3.06. The van der Waals surface area contributed by atoms with E-state index in [2.05, 4.69) is 10.6 Å². The third-order valence-corrected chi connectivity index (χ3v) is 4.12. The van der Waals surface area contributed by atoms with E-state index in [9.17, 15) is 14.4 Å². The molecule has 0 radical (unpaired) electrons. The molecular formula is C19H17N3O3S. The first kappa shape index (κ1) is 17.8. The molecule has 3 amide bonds. The van der Waals surface area contributed by atoms with E-state index in [1.807, 2.05) is 32.0 Å². The SMILES string of the molecule is Cc1cc(C)cc(NC(=S)NC(=O)CN2C(=O)c3ccccc3C2=O)c1. The zero-order valence-corrected chi connectivity index (χ0v) is 15.1. The number of carbonyl (C=O) groups excluding carboxylic acids is 3. The van der Waals surface area contributed by atoms with E-state index in [0.717, 1.165) is 21.7 Å². The van der Waals surface area contributed by atoms with Crippen molar-refractivity contribution < 1.29 is 14.4 Å². The van der Waals surface area contributed by atoms with Gasteiger partial charge in [-0.05, 0) is 61.5 Å². The number of aryl methyl sites for hydroxylation is 2. The van der Waals surface area contributed by atoms with Crippen LogP contribution in [0.4, 0.5) is 5.69 Å². The van der Waals surface area contributed by atoms with Gasteiger partial charge in [-0.25, -0.2) is 0 Å². The molecule has 132 valence electrons. The lowest BCUT2D eigenvalue weighted by molar-refractivity contribution is -0.120. The number of nitrogens with one attached hydrogen (secondary N) is 2. The lowest BCUT2D eigenvalue weighted by Crippen LogP contribution is -2.43. The van der Waals surface area contributed by atoms with Gasteiger partial charge in [-0.2, -0.15) is 0 Å². The fourth-order valence-electron chi connectivity index (χ4n) is 2.90. The first-order chi connectivity index (χ1) is 12.3. The number of anilines is 1. The highest BCUT2D eigenvalue weighted by molar-refractivity contribution is 7.80. The molecule has 1 aliphatic heterocycles. The predicted octanol–water partition coefficient (Wildman–Crippen LogP) is 2.41. The Labute approximate surface area is 156 Å². The lowest BCUT2D eigenvalue weighted by atomic mass is 10.1. The quantitative estimate of drug-likeness (QED) is 0.643. The van der Waals surface area contributed by atoms with Crippen LogP contribution in [-0.4, -0.2) is 34.3 Å². The van der Waals surface area contributed by atoms with Gasteiger partial charge in [0, 0.05) is 5.69 Å². The number of carbonyl (C=O) groups is 3. The highest BCUT2D eigenvalue weighted by atomic mass is 32.1. The Morgan fingerprint density at radius 3 is 2.08 bits per heavy atom. The molecule has 26 heavy (non-hydrogen) atoms. The average Bonchev–Trinajstić information content (AvgIpc) is 2.79. The van der Waals surface area contributed by atoms with Crippen molar-refractivity contribution >= 4 is 40.7 Å². The van der Waals surface area contributed by atoms with Crippen molar-refractivity contribution in [1.82, 2.24) is 10.2 Å². The van der Waals surface area contributed by atoms with Crippen molar-refractivity contribution in [2.75, 3.05) is 11.9 Å². The van der Waals surface area contributed by atoms with E-state index in [0.29, 0.717) is 11.1 Å². The van der Waals surface area contributed by atoms with E-state index in [1.54, 1.807) is 24.3 Å². The minimum atomic E-state index is -0.540. The van der Waals surface area contributed by atoms with Crippen molar-refractivity contribution in [1.29, 1.82) is 0 Å². The van der Waals surface area contributed by atoms with Crippen molar-refractivity contribution in [3.8, 4) is 0 Å². The summed E-state index contributed by atoms with van der Waals surface area (Å²) in [6.07, 6.45) is 0. The summed E-state index contributed by atoms with van der Waals surface area (Å²) in [5.41, 5.74) is 3.50. The number of thiocarbonyl (C=S) groups is 1. The van der Waals surface area contributed by atoms with Crippen molar-refractivity contribution in [2.45, 2.75) is 13.8 Å². The summed E-state index contributed by atoms with van der Waals surface area (Å²) < 4.78 is 0. The zero-order valence-electron chi connectivity index (χ0n) is 14.3. The molecule has 2 aromatic rings. The Kier molecular flexibility index (Phi) is 4.81. The Morgan fingerprint density at radius 1 is 1.00 bits per heavy atom. The number of imide groups is 1. The van der Waals surface area contributed by atoms with Crippen LogP contribution < -0.4 is 10.6 Å². The first-order valence-corrected chi connectivity index (χ1v) is 8.40. The molecule has 2 N–H and O–H groups in total. The van der Waals surface area contributed by atoms with Gasteiger partial charge in [-0.3, -0.25) is 19.3 Å². The highest BCUT2D eigenvalue weighted by Gasteiger charge is 2.36. The summed E-state index contributed by atoms with van der Waals surface area (Å²) in [7, 11) is 0. The van der Waals surface area contributed by atoms with Gasteiger partial charge in [0.05, 0.1) is 11.1 Å². The maximum absolute atomic E-state index is 12.3. The third kappa shape index (κ3) is 3.62. The molecule has 1 heterocycles. The van der Waals surface area contributed by atoms with Gasteiger partial charge in [0.15, 0.2) is 5.11 Å². The molecule has 0 aromatic heterocycles. The molecule has 0 unspecified atom stereocenters. The fraction of sp³-hybridized carbons (Fsp3) is 0.158. The first-order valence-electron chi connectivity index (χ1n) is 7.99. The molecule has 3 rings (SSSR count). The smallest absolute Gasteiger partial charge is 0.262 e. The zero-order chi connectivity index (χ0) is 18.8. The summed E-state index contributed by atoms with van der Waals surface area (Å²) in [6.45, 7) is 3.53. The summed E-state index contributed by atoms with van der Waals surface area (Å²) >= 11 is 5.14. The molecule has 0 saturated carbocycles. The van der Waals surface area contributed by atoms with E-state index >= 15 is 0 Å². The molecule has 6 nitrogen and oxygen atoms in total. The second-order valence-electron chi connectivity index (χ2n) is 6.12. The Bertz CT molecular complexity index is 884. The molecule has 2 aromatic carbocycles. The van der Waals surface area contributed by atoms with E-state index < -0.39 is 17.7 Å². The second kappa shape index (κ2) is 7.05. The maximum Gasteiger partial charge on any atom is 0.262 e. The highest BCUT2D eigenvalue weighted by Crippen LogP contribution is 2.21. The molecule has 0 atom stereocenters. The summed E-state index contributed by atoms with van der Waals surface area (Å²) in [6, 6.07) is 12.3. The van der Waals surface area contributed by atoms with Gasteiger partial charge < -0.3 is 10.6 Å². The molecule has 0 bridgehead atoms. The van der Waals surface area contributed by atoms with Crippen LogP contribution in [0.2, 0.25) is 0 Å². The topological polar surface area (TPSA) is 78.5 Å².